The molecule has 2 aromatic rings. The van der Waals surface area contributed by atoms with Crippen LogP contribution in [-0.2, 0) is 11.2 Å². The van der Waals surface area contributed by atoms with Gasteiger partial charge in [0.1, 0.15) is 0 Å². The van der Waals surface area contributed by atoms with E-state index in [-0.39, 0.29) is 12.1 Å². The van der Waals surface area contributed by atoms with E-state index >= 15 is 0 Å². The van der Waals surface area contributed by atoms with E-state index in [2.05, 4.69) is 27.7 Å². The van der Waals surface area contributed by atoms with Crippen molar-refractivity contribution in [2.24, 2.45) is 0 Å². The molecule has 0 aromatic heterocycles. The largest absolute Gasteiger partial charge is 0.384 e. The molecular weight excluding hydrogens is 314 g/mol. The van der Waals surface area contributed by atoms with Gasteiger partial charge in [0.25, 0.3) is 0 Å². The Morgan fingerprint density at radius 2 is 1.92 bits per heavy atom. The first kappa shape index (κ1) is 17.3. The highest BCUT2D eigenvalue weighted by molar-refractivity contribution is 5.90. The number of carbonyl (C=O) groups is 1. The molecular formula is C20H25N3O2. The number of rotatable bonds is 6. The van der Waals surface area contributed by atoms with Crippen molar-refractivity contribution in [3.05, 3.63) is 60.2 Å². The number of hydrogen-bond donors (Lipinski definition) is 2. The van der Waals surface area contributed by atoms with Crippen molar-refractivity contribution in [1.29, 1.82) is 0 Å². The van der Waals surface area contributed by atoms with Gasteiger partial charge in [-0.05, 0) is 36.6 Å². The number of para-hydroxylation sites is 2. The second-order valence-corrected chi connectivity index (χ2v) is 6.27. The van der Waals surface area contributed by atoms with Crippen molar-refractivity contribution in [2.75, 3.05) is 37.0 Å². The zero-order valence-electron chi connectivity index (χ0n) is 14.6. The minimum atomic E-state index is -0.148. The number of ether oxygens (including phenoxy) is 1. The van der Waals surface area contributed by atoms with E-state index in [1.54, 1.807) is 7.11 Å². The average Bonchev–Trinajstić information content (AvgIpc) is 3.10. The number of nitrogens with zero attached hydrogens (tertiary/aromatic N) is 1. The van der Waals surface area contributed by atoms with E-state index in [0.29, 0.717) is 6.61 Å². The second kappa shape index (κ2) is 8.53. The van der Waals surface area contributed by atoms with Crippen molar-refractivity contribution in [3.63, 3.8) is 0 Å². The van der Waals surface area contributed by atoms with Gasteiger partial charge in [0.15, 0.2) is 0 Å². The minimum absolute atomic E-state index is 0.148. The number of urea groups is 1. The number of carbonyl (C=O) groups excluding carboxylic acids is 1. The van der Waals surface area contributed by atoms with Crippen molar-refractivity contribution in [2.45, 2.75) is 18.9 Å². The summed E-state index contributed by atoms with van der Waals surface area (Å²) in [5.74, 6) is 0. The number of anilines is 2. The lowest BCUT2D eigenvalue weighted by Gasteiger charge is -2.19. The van der Waals surface area contributed by atoms with Crippen LogP contribution >= 0.6 is 0 Å². The Bertz CT molecular complexity index is 690. The van der Waals surface area contributed by atoms with E-state index < -0.39 is 0 Å². The van der Waals surface area contributed by atoms with Crippen molar-refractivity contribution < 1.29 is 9.53 Å². The Morgan fingerprint density at radius 3 is 2.72 bits per heavy atom. The van der Waals surface area contributed by atoms with Crippen LogP contribution < -0.4 is 15.5 Å². The van der Waals surface area contributed by atoms with Gasteiger partial charge >= 0.3 is 6.03 Å². The maximum absolute atomic E-state index is 12.4. The number of amides is 2. The van der Waals surface area contributed by atoms with Gasteiger partial charge in [0.2, 0.25) is 0 Å². The maximum atomic E-state index is 12.4. The van der Waals surface area contributed by atoms with Gasteiger partial charge in [0, 0.05) is 37.6 Å². The molecule has 2 amide bonds. The van der Waals surface area contributed by atoms with Gasteiger partial charge < -0.3 is 20.3 Å². The number of nitrogens with one attached hydrogen (secondary N) is 2. The molecule has 0 spiro atoms. The molecule has 0 aliphatic carbocycles. The van der Waals surface area contributed by atoms with Crippen LogP contribution in [0.3, 0.4) is 0 Å². The summed E-state index contributed by atoms with van der Waals surface area (Å²) in [6.07, 6.45) is 1.73. The van der Waals surface area contributed by atoms with E-state index in [1.807, 2.05) is 42.5 Å². The minimum Gasteiger partial charge on any atom is -0.384 e. The van der Waals surface area contributed by atoms with Crippen molar-refractivity contribution in [1.82, 2.24) is 5.32 Å². The van der Waals surface area contributed by atoms with Gasteiger partial charge in [-0.3, -0.25) is 0 Å². The van der Waals surface area contributed by atoms with Crippen LogP contribution in [0.1, 0.15) is 12.0 Å². The molecule has 0 radical (unpaired) electrons. The Balaban J connectivity index is 1.54. The molecule has 1 fully saturated rings. The number of methoxy groups -OCH3 is 1. The number of hydrogen-bond acceptors (Lipinski definition) is 3. The molecule has 5 nitrogen and oxygen atoms in total. The fraction of sp³-hybridized carbons (Fsp3) is 0.350. The predicted molar refractivity (Wildman–Crippen MR) is 101 cm³/mol. The van der Waals surface area contributed by atoms with Crippen LogP contribution in [-0.4, -0.2) is 38.9 Å². The van der Waals surface area contributed by atoms with Gasteiger partial charge in [-0.2, -0.15) is 0 Å². The van der Waals surface area contributed by atoms with Crippen LogP contribution in [0.5, 0.6) is 0 Å². The molecule has 2 aromatic carbocycles. The molecule has 1 saturated heterocycles. The molecule has 0 unspecified atom stereocenters. The summed E-state index contributed by atoms with van der Waals surface area (Å²) in [6, 6.07) is 18.2. The summed E-state index contributed by atoms with van der Waals surface area (Å²) in [6.45, 7) is 2.43. The van der Waals surface area contributed by atoms with Gasteiger partial charge in [-0.15, -0.1) is 0 Å². The fourth-order valence-electron chi connectivity index (χ4n) is 3.17. The molecule has 1 aliphatic heterocycles. The Kier molecular flexibility index (Phi) is 5.90. The third-order valence-electron chi connectivity index (χ3n) is 4.49. The van der Waals surface area contributed by atoms with Crippen molar-refractivity contribution in [3.8, 4) is 0 Å². The third-order valence-corrected chi connectivity index (χ3v) is 4.49. The predicted octanol–water partition coefficient (Wildman–Crippen LogP) is 3.28. The first-order valence-electron chi connectivity index (χ1n) is 8.70. The maximum Gasteiger partial charge on any atom is 0.319 e. The van der Waals surface area contributed by atoms with E-state index in [0.717, 1.165) is 37.2 Å². The first-order chi connectivity index (χ1) is 12.3. The topological polar surface area (TPSA) is 53.6 Å². The van der Waals surface area contributed by atoms with Crippen LogP contribution in [0, 0.1) is 0 Å². The standard InChI is InChI=1S/C20H25N3O2/c1-25-14-12-16-7-5-6-10-19(16)22-20(24)21-17-11-13-23(15-17)18-8-3-2-4-9-18/h2-10,17H,11-15H2,1H3,(H2,21,22,24)/t17-/m0/s1. The highest BCUT2D eigenvalue weighted by Crippen LogP contribution is 2.20. The quantitative estimate of drug-likeness (QED) is 0.849. The van der Waals surface area contributed by atoms with Gasteiger partial charge in [-0.1, -0.05) is 36.4 Å². The third kappa shape index (κ3) is 4.73. The molecule has 1 heterocycles. The van der Waals surface area contributed by atoms with E-state index in [4.69, 9.17) is 4.74 Å². The van der Waals surface area contributed by atoms with Gasteiger partial charge in [-0.25, -0.2) is 4.79 Å². The lowest BCUT2D eigenvalue weighted by atomic mass is 10.1. The lowest BCUT2D eigenvalue weighted by molar-refractivity contribution is 0.202. The Morgan fingerprint density at radius 1 is 1.16 bits per heavy atom. The van der Waals surface area contributed by atoms with Crippen LogP contribution in [0.15, 0.2) is 54.6 Å². The van der Waals surface area contributed by atoms with Crippen LogP contribution in [0.4, 0.5) is 16.2 Å². The van der Waals surface area contributed by atoms with E-state index in [1.165, 1.54) is 5.69 Å². The first-order valence-corrected chi connectivity index (χ1v) is 8.70. The summed E-state index contributed by atoms with van der Waals surface area (Å²) in [4.78, 5) is 14.7. The summed E-state index contributed by atoms with van der Waals surface area (Å²) in [5.41, 5.74) is 3.13. The SMILES string of the molecule is COCCc1ccccc1NC(=O)N[C@H]1CCN(c2ccccc2)C1. The normalized spacial score (nSPS) is 16.7. The highest BCUT2D eigenvalue weighted by Gasteiger charge is 2.24. The molecule has 1 atom stereocenters. The molecule has 132 valence electrons. The molecule has 1 aliphatic rings. The van der Waals surface area contributed by atoms with Crippen LogP contribution in [0.2, 0.25) is 0 Å². The highest BCUT2D eigenvalue weighted by atomic mass is 16.5. The molecule has 25 heavy (non-hydrogen) atoms. The van der Waals surface area contributed by atoms with Crippen LogP contribution in [0.25, 0.3) is 0 Å². The smallest absolute Gasteiger partial charge is 0.319 e. The fourth-order valence-corrected chi connectivity index (χ4v) is 3.17. The zero-order valence-corrected chi connectivity index (χ0v) is 14.6. The molecule has 2 N–H and O–H groups in total. The van der Waals surface area contributed by atoms with E-state index in [9.17, 15) is 4.79 Å². The summed E-state index contributed by atoms with van der Waals surface area (Å²) in [7, 11) is 1.68. The Hall–Kier alpha value is -2.53. The monoisotopic (exact) mass is 339 g/mol. The number of benzene rings is 2. The second-order valence-electron chi connectivity index (χ2n) is 6.27. The average molecular weight is 339 g/mol. The zero-order chi connectivity index (χ0) is 17.5. The molecule has 0 saturated carbocycles. The summed E-state index contributed by atoms with van der Waals surface area (Å²) in [5, 5.41) is 6.06. The molecule has 3 rings (SSSR count). The Labute approximate surface area is 149 Å². The lowest BCUT2D eigenvalue weighted by Crippen LogP contribution is -2.39. The van der Waals surface area contributed by atoms with Gasteiger partial charge in [0.05, 0.1) is 6.61 Å². The molecule has 5 heteroatoms. The summed E-state index contributed by atoms with van der Waals surface area (Å²) >= 11 is 0. The van der Waals surface area contributed by atoms with Crippen molar-refractivity contribution >= 4 is 17.4 Å². The molecule has 0 bridgehead atoms. The summed E-state index contributed by atoms with van der Waals surface area (Å²) < 4.78 is 5.13.